The minimum Gasteiger partial charge on any atom is -0.494 e. The van der Waals surface area contributed by atoms with Gasteiger partial charge in [-0.3, -0.25) is 4.55 Å². The van der Waals surface area contributed by atoms with Gasteiger partial charge in [-0.25, -0.2) is 0 Å². The molecule has 172 valence electrons. The van der Waals surface area contributed by atoms with Crippen molar-refractivity contribution in [2.75, 3.05) is 18.6 Å². The molecule has 0 unspecified atom stereocenters. The van der Waals surface area contributed by atoms with Crippen LogP contribution in [0.25, 0.3) is 0 Å². The molecule has 0 aliphatic carbocycles. The van der Waals surface area contributed by atoms with Gasteiger partial charge >= 0.3 is 0 Å². The molecule has 0 aliphatic rings. The highest BCUT2D eigenvalue weighted by Crippen LogP contribution is 2.43. The van der Waals surface area contributed by atoms with Gasteiger partial charge in [-0.1, -0.05) is 18.2 Å². The number of hydrogen-bond donors (Lipinski definition) is 3. The second-order valence-corrected chi connectivity index (χ2v) is 8.80. The average Bonchev–Trinajstić information content (AvgIpc) is 2.74. The summed E-state index contributed by atoms with van der Waals surface area (Å²) in [4.78, 5) is -0.600. The first kappa shape index (κ1) is 23.8. The molecule has 3 rings (SSSR count). The lowest BCUT2D eigenvalue weighted by Gasteiger charge is -2.11. The third-order valence-corrected chi connectivity index (χ3v) is 5.71. The number of nitrogens with two attached hydrogens (primary N) is 2. The van der Waals surface area contributed by atoms with Crippen molar-refractivity contribution in [1.29, 1.82) is 0 Å². The number of benzene rings is 3. The molecule has 5 N–H and O–H groups in total. The summed E-state index contributed by atoms with van der Waals surface area (Å²) in [5.41, 5.74) is 15.3. The molecule has 10 nitrogen and oxygen atoms in total. The molecule has 11 heteroatoms. The number of ether oxygens (including phenoxy) is 1. The van der Waals surface area contributed by atoms with Gasteiger partial charge in [0, 0.05) is 0 Å². The van der Waals surface area contributed by atoms with Crippen LogP contribution in [0.4, 0.5) is 34.1 Å². The molecular weight excluding hydrogens is 444 g/mol. The number of nitrogens with zero attached hydrogens (tertiary/aromatic N) is 4. The van der Waals surface area contributed by atoms with E-state index in [1.807, 2.05) is 45.0 Å². The maximum absolute atomic E-state index is 11.9. The van der Waals surface area contributed by atoms with Gasteiger partial charge in [-0.2, -0.15) is 13.5 Å². The summed E-state index contributed by atoms with van der Waals surface area (Å²) in [6, 6.07) is 11.9. The first-order chi connectivity index (χ1) is 15.5. The third kappa shape index (κ3) is 5.33. The summed E-state index contributed by atoms with van der Waals surface area (Å²) < 4.78 is 38.8. The second kappa shape index (κ2) is 9.35. The fourth-order valence-electron chi connectivity index (χ4n) is 2.98. The number of methoxy groups -OCH3 is 1. The minimum atomic E-state index is -4.70. The summed E-state index contributed by atoms with van der Waals surface area (Å²) in [6.45, 7) is 5.63. The summed E-state index contributed by atoms with van der Waals surface area (Å²) in [5.74, 6) is 0.461. The van der Waals surface area contributed by atoms with Crippen molar-refractivity contribution in [3.05, 3.63) is 59.2 Å². The number of aryl methyl sites for hydroxylation is 3. The van der Waals surface area contributed by atoms with Crippen molar-refractivity contribution >= 4 is 44.2 Å². The Balaban J connectivity index is 2.17. The van der Waals surface area contributed by atoms with Gasteiger partial charge in [-0.05, 0) is 61.7 Å². The average molecular weight is 469 g/mol. The summed E-state index contributed by atoms with van der Waals surface area (Å²) in [5, 5.41) is 16.5. The van der Waals surface area contributed by atoms with Crippen molar-refractivity contribution in [2.24, 2.45) is 20.5 Å². The molecule has 0 amide bonds. The van der Waals surface area contributed by atoms with Crippen LogP contribution in [0.1, 0.15) is 16.7 Å². The second-order valence-electron chi connectivity index (χ2n) is 7.41. The Bertz CT molecular complexity index is 1380. The zero-order valence-electron chi connectivity index (χ0n) is 18.6. The number of anilines is 2. The summed E-state index contributed by atoms with van der Waals surface area (Å²) >= 11 is 0. The molecule has 0 saturated carbocycles. The summed E-state index contributed by atoms with van der Waals surface area (Å²) in [7, 11) is -3.21. The molecule has 0 bridgehead atoms. The Labute approximate surface area is 191 Å². The van der Waals surface area contributed by atoms with E-state index in [-0.39, 0.29) is 22.7 Å². The van der Waals surface area contributed by atoms with Crippen LogP contribution >= 0.6 is 0 Å². The maximum atomic E-state index is 11.9. The Morgan fingerprint density at radius 1 is 0.788 bits per heavy atom. The van der Waals surface area contributed by atoms with E-state index in [4.69, 9.17) is 16.2 Å². The standard InChI is InChI=1S/C22H24N6O4S/c1-12-5-7-14(3)15(9-12)25-28-22-20(23)17(11-19(21(22)24)33(29,30)31)27-26-16-10-13(2)6-8-18(16)32-4/h5-11H,23-24H2,1-4H3,(H,29,30,31). The van der Waals surface area contributed by atoms with E-state index in [9.17, 15) is 13.0 Å². The lowest BCUT2D eigenvalue weighted by Crippen LogP contribution is -2.05. The highest BCUT2D eigenvalue weighted by atomic mass is 32.2. The Hall–Kier alpha value is -3.83. The van der Waals surface area contributed by atoms with Gasteiger partial charge in [0.05, 0.1) is 24.2 Å². The molecule has 33 heavy (non-hydrogen) atoms. The van der Waals surface area contributed by atoms with Crippen LogP contribution in [-0.2, 0) is 10.1 Å². The number of nitrogen functional groups attached to an aromatic ring is 2. The summed E-state index contributed by atoms with van der Waals surface area (Å²) in [6.07, 6.45) is 0. The fourth-order valence-corrected chi connectivity index (χ4v) is 3.62. The van der Waals surface area contributed by atoms with Crippen molar-refractivity contribution < 1.29 is 17.7 Å². The van der Waals surface area contributed by atoms with E-state index in [0.717, 1.165) is 22.8 Å². The van der Waals surface area contributed by atoms with E-state index < -0.39 is 15.0 Å². The lowest BCUT2D eigenvalue weighted by atomic mass is 10.1. The smallest absolute Gasteiger partial charge is 0.296 e. The van der Waals surface area contributed by atoms with Crippen molar-refractivity contribution in [3.8, 4) is 5.75 Å². The van der Waals surface area contributed by atoms with Crippen molar-refractivity contribution in [1.82, 2.24) is 0 Å². The van der Waals surface area contributed by atoms with Crippen LogP contribution in [0.3, 0.4) is 0 Å². The highest BCUT2D eigenvalue weighted by molar-refractivity contribution is 7.86. The Kier molecular flexibility index (Phi) is 6.75. The predicted octanol–water partition coefficient (Wildman–Crippen LogP) is 5.86. The third-order valence-electron chi connectivity index (χ3n) is 4.82. The van der Waals surface area contributed by atoms with Gasteiger partial charge < -0.3 is 16.2 Å². The predicted molar refractivity (Wildman–Crippen MR) is 127 cm³/mol. The number of rotatable bonds is 6. The van der Waals surface area contributed by atoms with E-state index in [1.165, 1.54) is 7.11 Å². The quantitative estimate of drug-likeness (QED) is 0.233. The minimum absolute atomic E-state index is 0.0515. The SMILES string of the molecule is COc1ccc(C)cc1N=Nc1cc(S(=O)(=O)O)c(N)c(N=Nc2cc(C)ccc2C)c1N. The van der Waals surface area contributed by atoms with Gasteiger partial charge in [-0.15, -0.1) is 15.3 Å². The molecule has 0 spiro atoms. The number of hydrogen-bond acceptors (Lipinski definition) is 9. The van der Waals surface area contributed by atoms with E-state index in [2.05, 4.69) is 20.5 Å². The van der Waals surface area contributed by atoms with Gasteiger partial charge in [0.15, 0.2) is 0 Å². The topological polar surface area (TPSA) is 165 Å². The fraction of sp³-hybridized carbons (Fsp3) is 0.182. The molecule has 0 atom stereocenters. The van der Waals surface area contributed by atoms with E-state index >= 15 is 0 Å². The van der Waals surface area contributed by atoms with Gasteiger partial charge in [0.2, 0.25) is 0 Å². The molecule has 0 heterocycles. The van der Waals surface area contributed by atoms with Crippen LogP contribution in [-0.4, -0.2) is 20.1 Å². The molecule has 0 aromatic heterocycles. The zero-order chi connectivity index (χ0) is 24.3. The van der Waals surface area contributed by atoms with E-state index in [0.29, 0.717) is 17.1 Å². The van der Waals surface area contributed by atoms with Crippen molar-refractivity contribution in [2.45, 2.75) is 25.7 Å². The van der Waals surface area contributed by atoms with Crippen LogP contribution < -0.4 is 16.2 Å². The molecule has 0 radical (unpaired) electrons. The lowest BCUT2D eigenvalue weighted by molar-refractivity contribution is 0.415. The molecular formula is C22H24N6O4S. The van der Waals surface area contributed by atoms with Crippen LogP contribution in [0.2, 0.25) is 0 Å². The van der Waals surface area contributed by atoms with Crippen LogP contribution in [0.15, 0.2) is 67.8 Å². The number of azo groups is 2. The Morgan fingerprint density at radius 2 is 1.36 bits per heavy atom. The molecule has 3 aromatic carbocycles. The normalized spacial score (nSPS) is 12.0. The van der Waals surface area contributed by atoms with Gasteiger partial charge in [0.1, 0.15) is 27.7 Å². The monoisotopic (exact) mass is 468 g/mol. The molecule has 0 saturated heterocycles. The van der Waals surface area contributed by atoms with E-state index in [1.54, 1.807) is 12.1 Å². The Morgan fingerprint density at radius 3 is 2.00 bits per heavy atom. The largest absolute Gasteiger partial charge is 0.494 e. The first-order valence-corrected chi connectivity index (χ1v) is 11.2. The highest BCUT2D eigenvalue weighted by Gasteiger charge is 2.22. The molecule has 0 fully saturated rings. The molecule has 0 aliphatic heterocycles. The molecule has 3 aromatic rings. The van der Waals surface area contributed by atoms with Gasteiger partial charge in [0.25, 0.3) is 10.1 Å². The maximum Gasteiger partial charge on any atom is 0.296 e. The van der Waals surface area contributed by atoms with Crippen LogP contribution in [0.5, 0.6) is 5.75 Å². The first-order valence-electron chi connectivity index (χ1n) is 9.76. The van der Waals surface area contributed by atoms with Crippen LogP contribution in [0, 0.1) is 20.8 Å². The zero-order valence-corrected chi connectivity index (χ0v) is 19.4. The van der Waals surface area contributed by atoms with Crippen molar-refractivity contribution in [3.63, 3.8) is 0 Å².